The molecule has 7 nitrogen and oxygen atoms in total. The van der Waals surface area contributed by atoms with E-state index in [0.29, 0.717) is 42.3 Å². The highest BCUT2D eigenvalue weighted by atomic mass is 16.7. The van der Waals surface area contributed by atoms with Crippen molar-refractivity contribution in [1.82, 2.24) is 10.2 Å². The van der Waals surface area contributed by atoms with Gasteiger partial charge in [0.05, 0.1) is 17.2 Å². The Morgan fingerprint density at radius 3 is 2.67 bits per heavy atom. The lowest BCUT2D eigenvalue weighted by molar-refractivity contribution is -0.0235. The summed E-state index contributed by atoms with van der Waals surface area (Å²) in [5.41, 5.74) is 1.30. The Bertz CT molecular complexity index is 1100. The molecule has 0 bridgehead atoms. The van der Waals surface area contributed by atoms with Crippen LogP contribution in [-0.4, -0.2) is 40.3 Å². The van der Waals surface area contributed by atoms with Crippen LogP contribution in [0.25, 0.3) is 22.0 Å². The molecule has 0 saturated heterocycles. The van der Waals surface area contributed by atoms with Crippen LogP contribution in [0.3, 0.4) is 0 Å². The number of fused-ring (bicyclic) bond motifs is 1. The van der Waals surface area contributed by atoms with E-state index in [-0.39, 0.29) is 12.8 Å². The molecule has 0 spiro atoms. The van der Waals surface area contributed by atoms with Gasteiger partial charge in [-0.2, -0.15) is 5.26 Å². The van der Waals surface area contributed by atoms with Gasteiger partial charge in [-0.25, -0.2) is 0 Å². The van der Waals surface area contributed by atoms with Gasteiger partial charge in [-0.05, 0) is 44.9 Å². The number of nitrogens with zero attached hydrogens (tertiary/aromatic N) is 3. The maximum Gasteiger partial charge on any atom is 0.189 e. The van der Waals surface area contributed by atoms with E-state index in [2.05, 4.69) is 21.6 Å². The number of nitrogens with one attached hydrogen (secondary N) is 1. The van der Waals surface area contributed by atoms with Crippen molar-refractivity contribution in [3.8, 4) is 23.1 Å². The van der Waals surface area contributed by atoms with E-state index in [1.165, 1.54) is 0 Å². The molecule has 1 aliphatic carbocycles. The van der Waals surface area contributed by atoms with Crippen LogP contribution in [0.4, 0.5) is 5.82 Å². The topological polar surface area (TPSA) is 100 Å². The summed E-state index contributed by atoms with van der Waals surface area (Å²) in [6, 6.07) is 15.5. The van der Waals surface area contributed by atoms with Crippen LogP contribution in [0.2, 0.25) is 0 Å². The fourth-order valence-electron chi connectivity index (χ4n) is 3.80. The zero-order valence-electron chi connectivity index (χ0n) is 17.1. The van der Waals surface area contributed by atoms with Gasteiger partial charge in [0.2, 0.25) is 0 Å². The Hall–Kier alpha value is -3.21. The Kier molecular flexibility index (Phi) is 5.53. The van der Waals surface area contributed by atoms with Crippen LogP contribution >= 0.6 is 0 Å². The van der Waals surface area contributed by atoms with Crippen molar-refractivity contribution in [2.45, 2.75) is 38.3 Å². The smallest absolute Gasteiger partial charge is 0.189 e. The predicted octanol–water partition coefficient (Wildman–Crippen LogP) is 3.87. The molecule has 0 unspecified atom stereocenters. The second-order valence-corrected chi connectivity index (χ2v) is 7.77. The summed E-state index contributed by atoms with van der Waals surface area (Å²) in [4.78, 5) is 0. The molecule has 2 N–H and O–H groups in total. The van der Waals surface area contributed by atoms with Crippen molar-refractivity contribution in [3.05, 3.63) is 48.0 Å². The number of hydrogen-bond acceptors (Lipinski definition) is 7. The Morgan fingerprint density at radius 1 is 1.20 bits per heavy atom. The number of benzene rings is 2. The summed E-state index contributed by atoms with van der Waals surface area (Å²) < 4.78 is 11.1. The minimum absolute atomic E-state index is 0.0883. The fraction of sp³-hybridized carbons (Fsp3) is 0.348. The summed E-state index contributed by atoms with van der Waals surface area (Å²) in [5.74, 6) is 1.22. The number of anilines is 1. The largest absolute Gasteiger partial charge is 0.467 e. The molecule has 30 heavy (non-hydrogen) atoms. The quantitative estimate of drug-likeness (QED) is 0.455. The Morgan fingerprint density at radius 2 is 1.97 bits per heavy atom. The summed E-state index contributed by atoms with van der Waals surface area (Å²) >= 11 is 0. The molecule has 1 aromatic heterocycles. The van der Waals surface area contributed by atoms with Crippen molar-refractivity contribution in [2.75, 3.05) is 18.7 Å². The molecular weight excluding hydrogens is 380 g/mol. The van der Waals surface area contributed by atoms with Crippen LogP contribution in [0.5, 0.6) is 5.75 Å². The first-order chi connectivity index (χ1) is 14.5. The molecule has 7 heteroatoms. The number of ether oxygens (including phenoxy) is 2. The monoisotopic (exact) mass is 404 g/mol. The molecule has 2 aromatic carbocycles. The molecule has 1 heterocycles. The van der Waals surface area contributed by atoms with E-state index < -0.39 is 5.60 Å². The molecular formula is C23H24N4O3. The molecule has 0 radical (unpaired) electrons. The van der Waals surface area contributed by atoms with Crippen molar-refractivity contribution in [3.63, 3.8) is 0 Å². The van der Waals surface area contributed by atoms with Gasteiger partial charge < -0.3 is 19.9 Å². The average molecular weight is 404 g/mol. The standard InChI is InChI=1S/C23H24N4O3/c1-3-29-14-30-20-10-15(13-24)8-9-19(20)21-17-6-4-5-7-18(17)22(27-26-21)25-16-11-23(2,28)12-16/h4-10,16,28H,3,11-12,14H2,1-2H3,(H,25,27). The fourth-order valence-corrected chi connectivity index (χ4v) is 3.80. The molecule has 1 fully saturated rings. The SMILES string of the molecule is CCOCOc1cc(C#N)ccc1-c1nnc(NC2CC(C)(O)C2)c2ccccc12. The maximum absolute atomic E-state index is 10.0. The third kappa shape index (κ3) is 4.06. The maximum atomic E-state index is 10.0. The summed E-state index contributed by atoms with van der Waals surface area (Å²) in [6.07, 6.45) is 1.35. The highest BCUT2D eigenvalue weighted by molar-refractivity contribution is 6.01. The number of nitriles is 1. The van der Waals surface area contributed by atoms with Crippen molar-refractivity contribution in [1.29, 1.82) is 5.26 Å². The van der Waals surface area contributed by atoms with Crippen molar-refractivity contribution < 1.29 is 14.6 Å². The number of rotatable bonds is 7. The third-order valence-corrected chi connectivity index (χ3v) is 5.27. The van der Waals surface area contributed by atoms with E-state index in [4.69, 9.17) is 9.47 Å². The number of hydrogen-bond donors (Lipinski definition) is 2. The molecule has 0 amide bonds. The van der Waals surface area contributed by atoms with E-state index in [0.717, 1.165) is 16.3 Å². The number of aromatic nitrogens is 2. The lowest BCUT2D eigenvalue weighted by atomic mass is 9.77. The highest BCUT2D eigenvalue weighted by Gasteiger charge is 2.38. The summed E-state index contributed by atoms with van der Waals surface area (Å²) in [5, 5.41) is 33.5. The number of aliphatic hydroxyl groups is 1. The van der Waals surface area contributed by atoms with Crippen LogP contribution in [0.15, 0.2) is 42.5 Å². The van der Waals surface area contributed by atoms with Gasteiger partial charge in [-0.3, -0.25) is 0 Å². The first-order valence-corrected chi connectivity index (χ1v) is 10.00. The molecule has 4 rings (SSSR count). The summed E-state index contributed by atoms with van der Waals surface area (Å²) in [6.45, 7) is 4.35. The van der Waals surface area contributed by atoms with E-state index in [1.54, 1.807) is 12.1 Å². The van der Waals surface area contributed by atoms with Crippen LogP contribution in [0.1, 0.15) is 32.3 Å². The van der Waals surface area contributed by atoms with Gasteiger partial charge in [-0.15, -0.1) is 10.2 Å². The van der Waals surface area contributed by atoms with Gasteiger partial charge in [0.1, 0.15) is 11.4 Å². The van der Waals surface area contributed by atoms with Crippen molar-refractivity contribution in [2.24, 2.45) is 0 Å². The molecule has 3 aromatic rings. The Balaban J connectivity index is 1.73. The molecule has 1 aliphatic rings. The van der Waals surface area contributed by atoms with E-state index >= 15 is 0 Å². The Labute approximate surface area is 175 Å². The molecule has 0 aliphatic heterocycles. The van der Waals surface area contributed by atoms with Gasteiger partial charge in [-0.1, -0.05) is 24.3 Å². The third-order valence-electron chi connectivity index (χ3n) is 5.27. The zero-order valence-corrected chi connectivity index (χ0v) is 17.1. The highest BCUT2D eigenvalue weighted by Crippen LogP contribution is 2.38. The lowest BCUT2D eigenvalue weighted by Gasteiger charge is -2.41. The minimum Gasteiger partial charge on any atom is -0.467 e. The first-order valence-electron chi connectivity index (χ1n) is 10.00. The summed E-state index contributed by atoms with van der Waals surface area (Å²) in [7, 11) is 0. The predicted molar refractivity (Wildman–Crippen MR) is 114 cm³/mol. The minimum atomic E-state index is -0.615. The normalized spacial score (nSPS) is 20.4. The van der Waals surface area contributed by atoms with Gasteiger partial charge in [0.15, 0.2) is 12.6 Å². The second-order valence-electron chi connectivity index (χ2n) is 7.77. The first kappa shape index (κ1) is 20.1. The van der Waals surface area contributed by atoms with Gasteiger partial charge in [0.25, 0.3) is 0 Å². The second kappa shape index (κ2) is 8.27. The van der Waals surface area contributed by atoms with Crippen molar-refractivity contribution >= 4 is 16.6 Å². The zero-order chi connectivity index (χ0) is 21.1. The van der Waals surface area contributed by atoms with Gasteiger partial charge in [0, 0.05) is 29.0 Å². The van der Waals surface area contributed by atoms with Crippen LogP contribution in [0, 0.1) is 11.3 Å². The molecule has 1 saturated carbocycles. The lowest BCUT2D eigenvalue weighted by Crippen LogP contribution is -2.48. The molecule has 0 atom stereocenters. The van der Waals surface area contributed by atoms with Crippen LogP contribution < -0.4 is 10.1 Å². The van der Waals surface area contributed by atoms with E-state index in [1.807, 2.05) is 44.2 Å². The van der Waals surface area contributed by atoms with Crippen LogP contribution in [-0.2, 0) is 4.74 Å². The van der Waals surface area contributed by atoms with E-state index in [9.17, 15) is 10.4 Å². The average Bonchev–Trinajstić information content (AvgIpc) is 2.73. The molecule has 154 valence electrons. The van der Waals surface area contributed by atoms with Gasteiger partial charge >= 0.3 is 0 Å².